The highest BCUT2D eigenvalue weighted by Gasteiger charge is 2.37. The predicted octanol–water partition coefficient (Wildman–Crippen LogP) is 6.16. The number of benzene rings is 4. The maximum Gasteiger partial charge on any atom is 0.266 e. The lowest BCUT2D eigenvalue weighted by atomic mass is 10.1. The Bertz CT molecular complexity index is 1720. The standard InChI is InChI=1S/C30H21N3O4/c1-17-10-13-25(18(2)14-17)33-29(35)22-12-11-19(16-23(22)30(33)36)27(34)31-21-7-5-6-20(15-21)28-32-24-8-3-4-9-26(24)37-28/h3-16H,1-2H3,(H,31,34). The van der Waals surface area contributed by atoms with Crippen molar-refractivity contribution in [1.82, 2.24) is 4.98 Å². The number of nitrogens with zero attached hydrogens (tertiary/aromatic N) is 2. The van der Waals surface area contributed by atoms with Crippen molar-refractivity contribution in [3.63, 3.8) is 0 Å². The number of hydrogen-bond acceptors (Lipinski definition) is 5. The van der Waals surface area contributed by atoms with Crippen LogP contribution in [-0.2, 0) is 0 Å². The van der Waals surface area contributed by atoms with Gasteiger partial charge in [0.05, 0.1) is 16.8 Å². The molecule has 7 heteroatoms. The molecule has 1 N–H and O–H groups in total. The van der Waals surface area contributed by atoms with Gasteiger partial charge in [0.1, 0.15) is 5.52 Å². The van der Waals surface area contributed by atoms with Gasteiger partial charge in [-0.05, 0) is 74.0 Å². The molecule has 2 heterocycles. The first-order chi connectivity index (χ1) is 17.9. The summed E-state index contributed by atoms with van der Waals surface area (Å²) in [6.45, 7) is 3.81. The van der Waals surface area contributed by atoms with E-state index in [9.17, 15) is 14.4 Å². The summed E-state index contributed by atoms with van der Waals surface area (Å²) in [7, 11) is 0. The highest BCUT2D eigenvalue weighted by Crippen LogP contribution is 2.32. The van der Waals surface area contributed by atoms with E-state index < -0.39 is 17.7 Å². The fraction of sp³-hybridized carbons (Fsp3) is 0.0667. The van der Waals surface area contributed by atoms with Gasteiger partial charge in [0.25, 0.3) is 17.7 Å². The molecule has 4 aromatic carbocycles. The largest absolute Gasteiger partial charge is 0.436 e. The van der Waals surface area contributed by atoms with Gasteiger partial charge in [-0.3, -0.25) is 14.4 Å². The van der Waals surface area contributed by atoms with Crippen LogP contribution in [0.2, 0.25) is 0 Å². The summed E-state index contributed by atoms with van der Waals surface area (Å²) in [5.74, 6) is -0.794. The minimum atomic E-state index is -0.445. The number of fused-ring (bicyclic) bond motifs is 2. The topological polar surface area (TPSA) is 92.5 Å². The highest BCUT2D eigenvalue weighted by molar-refractivity contribution is 6.35. The first-order valence-electron chi connectivity index (χ1n) is 11.8. The average Bonchev–Trinajstić information content (AvgIpc) is 3.43. The molecule has 0 aliphatic carbocycles. The normalized spacial score (nSPS) is 12.8. The van der Waals surface area contributed by atoms with E-state index >= 15 is 0 Å². The van der Waals surface area contributed by atoms with E-state index in [0.717, 1.165) is 16.6 Å². The van der Waals surface area contributed by atoms with E-state index in [4.69, 9.17) is 4.42 Å². The molecule has 37 heavy (non-hydrogen) atoms. The third-order valence-corrected chi connectivity index (χ3v) is 6.40. The molecule has 180 valence electrons. The Kier molecular flexibility index (Phi) is 5.19. The Labute approximate surface area is 212 Å². The van der Waals surface area contributed by atoms with Crippen LogP contribution in [0.25, 0.3) is 22.6 Å². The van der Waals surface area contributed by atoms with Gasteiger partial charge in [0, 0.05) is 16.8 Å². The van der Waals surface area contributed by atoms with Crippen LogP contribution in [0.1, 0.15) is 42.2 Å². The first-order valence-corrected chi connectivity index (χ1v) is 11.8. The van der Waals surface area contributed by atoms with Crippen LogP contribution in [0.15, 0.2) is 89.3 Å². The lowest BCUT2D eigenvalue weighted by Crippen LogP contribution is -2.30. The van der Waals surface area contributed by atoms with E-state index in [1.807, 2.05) is 56.3 Å². The van der Waals surface area contributed by atoms with E-state index in [1.54, 1.807) is 30.3 Å². The zero-order chi connectivity index (χ0) is 25.7. The number of aryl methyl sites for hydroxylation is 2. The summed E-state index contributed by atoms with van der Waals surface area (Å²) in [6, 6.07) is 24.8. The SMILES string of the molecule is Cc1ccc(N2C(=O)c3ccc(C(=O)Nc4cccc(-c5nc6ccccc6o5)c4)cc3C2=O)c(C)c1. The number of para-hydroxylation sites is 2. The van der Waals surface area contributed by atoms with Crippen molar-refractivity contribution in [2.75, 3.05) is 10.2 Å². The molecule has 0 unspecified atom stereocenters. The van der Waals surface area contributed by atoms with Crippen LogP contribution in [0.5, 0.6) is 0 Å². The molecule has 3 amide bonds. The van der Waals surface area contributed by atoms with Crippen LogP contribution in [-0.4, -0.2) is 22.7 Å². The number of oxazole rings is 1. The highest BCUT2D eigenvalue weighted by atomic mass is 16.3. The number of amides is 3. The molecule has 0 saturated carbocycles. The third kappa shape index (κ3) is 3.87. The smallest absolute Gasteiger partial charge is 0.266 e. The number of nitrogens with one attached hydrogen (secondary N) is 1. The van der Waals surface area contributed by atoms with Crippen molar-refractivity contribution in [2.24, 2.45) is 0 Å². The van der Waals surface area contributed by atoms with Gasteiger partial charge in [-0.15, -0.1) is 0 Å². The fourth-order valence-electron chi connectivity index (χ4n) is 4.59. The average molecular weight is 488 g/mol. The fourth-order valence-corrected chi connectivity index (χ4v) is 4.59. The third-order valence-electron chi connectivity index (χ3n) is 6.40. The van der Waals surface area contributed by atoms with Gasteiger partial charge in [0.15, 0.2) is 5.58 Å². The molecule has 0 bridgehead atoms. The molecular formula is C30H21N3O4. The van der Waals surface area contributed by atoms with Crippen molar-refractivity contribution in [3.05, 3.63) is 113 Å². The van der Waals surface area contributed by atoms with Gasteiger partial charge in [-0.25, -0.2) is 9.88 Å². The maximum atomic E-state index is 13.2. The minimum absolute atomic E-state index is 0.206. The number of hydrogen-bond donors (Lipinski definition) is 1. The molecule has 0 fully saturated rings. The Morgan fingerprint density at radius 3 is 2.46 bits per heavy atom. The van der Waals surface area contributed by atoms with Gasteiger partial charge < -0.3 is 9.73 Å². The van der Waals surface area contributed by atoms with Crippen molar-refractivity contribution in [2.45, 2.75) is 13.8 Å². The van der Waals surface area contributed by atoms with Crippen molar-refractivity contribution < 1.29 is 18.8 Å². The van der Waals surface area contributed by atoms with Crippen molar-refractivity contribution in [3.8, 4) is 11.5 Å². The zero-order valence-corrected chi connectivity index (χ0v) is 20.1. The Morgan fingerprint density at radius 1 is 0.838 bits per heavy atom. The number of carbonyl (C=O) groups is 3. The molecule has 0 radical (unpaired) electrons. The van der Waals surface area contributed by atoms with E-state index in [1.165, 1.54) is 17.0 Å². The summed E-state index contributed by atoms with van der Waals surface area (Å²) in [6.07, 6.45) is 0. The minimum Gasteiger partial charge on any atom is -0.436 e. The van der Waals surface area contributed by atoms with Crippen LogP contribution in [0.4, 0.5) is 11.4 Å². The molecule has 7 nitrogen and oxygen atoms in total. The Morgan fingerprint density at radius 2 is 1.65 bits per heavy atom. The second-order valence-corrected chi connectivity index (χ2v) is 9.02. The predicted molar refractivity (Wildman–Crippen MR) is 141 cm³/mol. The van der Waals surface area contributed by atoms with E-state index in [2.05, 4.69) is 10.3 Å². The second kappa shape index (κ2) is 8.57. The lowest BCUT2D eigenvalue weighted by molar-refractivity contribution is 0.0925. The molecule has 5 aromatic rings. The summed E-state index contributed by atoms with van der Waals surface area (Å²) < 4.78 is 5.83. The van der Waals surface area contributed by atoms with Gasteiger partial charge in [-0.1, -0.05) is 35.9 Å². The number of aromatic nitrogens is 1. The monoisotopic (exact) mass is 487 g/mol. The lowest BCUT2D eigenvalue weighted by Gasteiger charge is -2.16. The molecule has 0 saturated heterocycles. The van der Waals surface area contributed by atoms with Crippen LogP contribution >= 0.6 is 0 Å². The Hall–Kier alpha value is -5.04. The van der Waals surface area contributed by atoms with Gasteiger partial charge >= 0.3 is 0 Å². The van der Waals surface area contributed by atoms with Crippen LogP contribution in [0, 0.1) is 13.8 Å². The molecule has 0 atom stereocenters. The zero-order valence-electron chi connectivity index (χ0n) is 20.1. The summed E-state index contributed by atoms with van der Waals surface area (Å²) in [5, 5.41) is 2.86. The van der Waals surface area contributed by atoms with Gasteiger partial charge in [0.2, 0.25) is 5.89 Å². The molecule has 1 aliphatic heterocycles. The number of imide groups is 1. The molecule has 6 rings (SSSR count). The number of anilines is 2. The summed E-state index contributed by atoms with van der Waals surface area (Å²) >= 11 is 0. The van der Waals surface area contributed by atoms with Crippen LogP contribution < -0.4 is 10.2 Å². The van der Waals surface area contributed by atoms with E-state index in [-0.39, 0.29) is 16.7 Å². The number of carbonyl (C=O) groups excluding carboxylic acids is 3. The maximum absolute atomic E-state index is 13.2. The van der Waals surface area contributed by atoms with Crippen molar-refractivity contribution in [1.29, 1.82) is 0 Å². The van der Waals surface area contributed by atoms with Gasteiger partial charge in [-0.2, -0.15) is 0 Å². The van der Waals surface area contributed by atoms with E-state index in [0.29, 0.717) is 28.4 Å². The summed E-state index contributed by atoms with van der Waals surface area (Å²) in [4.78, 5) is 45.0. The number of rotatable bonds is 4. The van der Waals surface area contributed by atoms with Crippen LogP contribution in [0.3, 0.4) is 0 Å². The summed E-state index contributed by atoms with van der Waals surface area (Å²) in [5.41, 5.74) is 5.85. The van der Waals surface area contributed by atoms with Crippen molar-refractivity contribution >= 4 is 40.2 Å². The first kappa shape index (κ1) is 22.4. The quantitative estimate of drug-likeness (QED) is 0.306. The molecule has 0 spiro atoms. The molecular weight excluding hydrogens is 466 g/mol. The second-order valence-electron chi connectivity index (χ2n) is 9.02. The Balaban J connectivity index is 1.26. The molecule has 1 aliphatic rings. The molecule has 1 aromatic heterocycles.